The molecule has 1 aliphatic rings. The maximum atomic E-state index is 12.9. The zero-order valence-electron chi connectivity index (χ0n) is 18.7. The molecule has 12 heteroatoms. The first kappa shape index (κ1) is 21.6. The van der Waals surface area contributed by atoms with E-state index in [0.717, 1.165) is 24.1 Å². The number of nitrogens with zero attached hydrogens (tertiary/aromatic N) is 7. The van der Waals surface area contributed by atoms with E-state index in [-0.39, 0.29) is 18.7 Å². The summed E-state index contributed by atoms with van der Waals surface area (Å²) in [6, 6.07) is 7.42. The van der Waals surface area contributed by atoms with Crippen molar-refractivity contribution in [2.45, 2.75) is 25.3 Å². The van der Waals surface area contributed by atoms with Crippen LogP contribution in [0.25, 0.3) is 16.7 Å². The Hall–Kier alpha value is -3.96. The third kappa shape index (κ3) is 3.78. The smallest absolute Gasteiger partial charge is 0.290 e. The van der Waals surface area contributed by atoms with Gasteiger partial charge in [0.1, 0.15) is 21.7 Å². The molecule has 5 aromatic heterocycles. The molecule has 35 heavy (non-hydrogen) atoms. The van der Waals surface area contributed by atoms with Crippen LogP contribution in [0.5, 0.6) is 11.5 Å². The van der Waals surface area contributed by atoms with Crippen LogP contribution in [0.4, 0.5) is 11.6 Å². The van der Waals surface area contributed by atoms with Crippen LogP contribution >= 0.6 is 11.6 Å². The molecule has 0 spiro atoms. The van der Waals surface area contributed by atoms with Gasteiger partial charge in [0, 0.05) is 19.2 Å². The summed E-state index contributed by atoms with van der Waals surface area (Å²) in [5.41, 5.74) is 2.55. The van der Waals surface area contributed by atoms with Crippen molar-refractivity contribution in [3.63, 3.8) is 0 Å². The molecule has 5 aromatic rings. The van der Waals surface area contributed by atoms with Gasteiger partial charge in [-0.15, -0.1) is 0 Å². The highest BCUT2D eigenvalue weighted by atomic mass is 35.5. The first-order valence-corrected chi connectivity index (χ1v) is 11.5. The Labute approximate surface area is 203 Å². The molecule has 0 radical (unpaired) electrons. The number of fused-ring (bicyclic) bond motifs is 2. The number of ether oxygens (including phenoxy) is 1. The summed E-state index contributed by atoms with van der Waals surface area (Å²) < 4.78 is 10.7. The molecule has 1 saturated carbocycles. The number of aliphatic hydroxyl groups excluding tert-OH is 1. The lowest BCUT2D eigenvalue weighted by atomic mass is 10.2. The first-order valence-electron chi connectivity index (χ1n) is 11.1. The largest absolute Gasteiger partial charge is 0.450 e. The number of aryl methyl sites for hydroxylation is 1. The topological polar surface area (TPSA) is 124 Å². The Morgan fingerprint density at radius 1 is 1.26 bits per heavy atom. The molecule has 178 valence electrons. The average molecular weight is 493 g/mol. The van der Waals surface area contributed by atoms with E-state index < -0.39 is 0 Å². The molecular weight excluding hydrogens is 472 g/mol. The van der Waals surface area contributed by atoms with Crippen LogP contribution in [0.15, 0.2) is 47.7 Å². The van der Waals surface area contributed by atoms with E-state index in [9.17, 15) is 9.90 Å². The maximum absolute atomic E-state index is 12.9. The minimum Gasteiger partial charge on any atom is -0.450 e. The van der Waals surface area contributed by atoms with Crippen molar-refractivity contribution in [3.8, 4) is 11.5 Å². The van der Waals surface area contributed by atoms with E-state index in [4.69, 9.17) is 16.3 Å². The van der Waals surface area contributed by atoms with E-state index >= 15 is 0 Å². The SMILES string of the molecule is Cn1c(Nc2cc(C3CC3)nn(CCO)c2=O)nc2ncc(Oc3cnn4ccccc34)c(Cl)c21. The Morgan fingerprint density at radius 3 is 2.91 bits per heavy atom. The summed E-state index contributed by atoms with van der Waals surface area (Å²) in [4.78, 5) is 21.9. The minimum absolute atomic E-state index is 0.119. The number of pyridine rings is 2. The van der Waals surface area contributed by atoms with Crippen molar-refractivity contribution >= 4 is 39.9 Å². The summed E-state index contributed by atoms with van der Waals surface area (Å²) in [6.45, 7) is -0.0595. The van der Waals surface area contributed by atoms with Crippen molar-refractivity contribution in [3.05, 3.63) is 63.9 Å². The summed E-state index contributed by atoms with van der Waals surface area (Å²) in [7, 11) is 1.78. The van der Waals surface area contributed by atoms with Gasteiger partial charge >= 0.3 is 0 Å². The van der Waals surface area contributed by atoms with E-state index in [1.54, 1.807) is 28.4 Å². The second-order valence-corrected chi connectivity index (χ2v) is 8.76. The Morgan fingerprint density at radius 2 is 2.11 bits per heavy atom. The fourth-order valence-corrected chi connectivity index (χ4v) is 4.30. The zero-order chi connectivity index (χ0) is 24.1. The van der Waals surface area contributed by atoms with Gasteiger partial charge < -0.3 is 19.7 Å². The van der Waals surface area contributed by atoms with Crippen LogP contribution in [0.3, 0.4) is 0 Å². The standard InChI is InChI=1S/C23H21ClN8O3/c1-30-20-19(24)18(35-17-12-26-31-7-3-2-4-16(17)31)11-25-21(20)28-23(30)27-15-10-14(13-5-6-13)29-32(8-9-33)22(15)34/h2-4,7,10-13,33H,5-6,8-9H2,1H3,(H,25,27,28). The lowest BCUT2D eigenvalue weighted by Crippen LogP contribution is -2.27. The van der Waals surface area contributed by atoms with E-state index in [1.807, 2.05) is 24.4 Å². The fraction of sp³-hybridized carbons (Fsp3) is 0.261. The summed E-state index contributed by atoms with van der Waals surface area (Å²) in [6.07, 6.45) is 7.02. The number of halogens is 1. The molecule has 0 aliphatic heterocycles. The number of imidazole rings is 1. The molecule has 0 atom stereocenters. The van der Waals surface area contributed by atoms with Gasteiger partial charge in [-0.3, -0.25) is 4.79 Å². The van der Waals surface area contributed by atoms with Gasteiger partial charge in [0.25, 0.3) is 5.56 Å². The van der Waals surface area contributed by atoms with Gasteiger partial charge in [0.05, 0.1) is 31.2 Å². The van der Waals surface area contributed by atoms with Crippen LogP contribution < -0.4 is 15.6 Å². The molecule has 11 nitrogen and oxygen atoms in total. The summed E-state index contributed by atoms with van der Waals surface area (Å²) in [5.74, 6) is 1.63. The van der Waals surface area contributed by atoms with Crippen molar-refractivity contribution < 1.29 is 9.84 Å². The monoisotopic (exact) mass is 492 g/mol. The molecule has 0 aromatic carbocycles. The summed E-state index contributed by atoms with van der Waals surface area (Å²) in [5, 5.41) is 21.5. The molecule has 0 amide bonds. The third-order valence-corrected chi connectivity index (χ3v) is 6.33. The number of hydrogen-bond donors (Lipinski definition) is 2. The van der Waals surface area contributed by atoms with Crippen molar-refractivity contribution in [1.82, 2.24) is 33.9 Å². The lowest BCUT2D eigenvalue weighted by molar-refractivity contribution is 0.265. The highest BCUT2D eigenvalue weighted by Gasteiger charge is 2.27. The van der Waals surface area contributed by atoms with Gasteiger partial charge in [-0.25, -0.2) is 14.2 Å². The highest BCUT2D eigenvalue weighted by Crippen LogP contribution is 2.40. The van der Waals surface area contributed by atoms with Crippen molar-refractivity contribution in [2.75, 3.05) is 11.9 Å². The molecule has 2 N–H and O–H groups in total. The maximum Gasteiger partial charge on any atom is 0.290 e. The minimum atomic E-state index is -0.341. The molecule has 5 heterocycles. The van der Waals surface area contributed by atoms with Gasteiger partial charge in [-0.1, -0.05) is 17.7 Å². The van der Waals surface area contributed by atoms with Crippen LogP contribution in [0.2, 0.25) is 5.02 Å². The number of aromatic nitrogens is 7. The zero-order valence-corrected chi connectivity index (χ0v) is 19.5. The van der Waals surface area contributed by atoms with Gasteiger partial charge in [0.15, 0.2) is 17.1 Å². The van der Waals surface area contributed by atoms with E-state index in [1.165, 1.54) is 10.9 Å². The lowest BCUT2D eigenvalue weighted by Gasteiger charge is -2.11. The number of hydrogen-bond acceptors (Lipinski definition) is 8. The van der Waals surface area contributed by atoms with Crippen LogP contribution in [-0.2, 0) is 13.6 Å². The second kappa shape index (κ2) is 8.36. The van der Waals surface area contributed by atoms with Gasteiger partial charge in [-0.2, -0.15) is 15.2 Å². The predicted octanol–water partition coefficient (Wildman–Crippen LogP) is 3.23. The summed E-state index contributed by atoms with van der Waals surface area (Å²) >= 11 is 6.72. The Balaban J connectivity index is 1.37. The van der Waals surface area contributed by atoms with Crippen molar-refractivity contribution in [1.29, 1.82) is 0 Å². The Bertz CT molecular complexity index is 1640. The molecule has 6 rings (SSSR count). The van der Waals surface area contributed by atoms with Gasteiger partial charge in [0.2, 0.25) is 5.95 Å². The normalized spacial score (nSPS) is 13.6. The van der Waals surface area contributed by atoms with E-state index in [2.05, 4.69) is 25.5 Å². The van der Waals surface area contributed by atoms with Gasteiger partial charge in [-0.05, 0) is 31.0 Å². The third-order valence-electron chi connectivity index (χ3n) is 5.96. The van der Waals surface area contributed by atoms with Crippen molar-refractivity contribution in [2.24, 2.45) is 7.05 Å². The quantitative estimate of drug-likeness (QED) is 0.355. The van der Waals surface area contributed by atoms with Crippen LogP contribution in [0.1, 0.15) is 24.5 Å². The van der Waals surface area contributed by atoms with Crippen LogP contribution in [0, 0.1) is 0 Å². The fourth-order valence-electron chi connectivity index (χ4n) is 4.00. The number of anilines is 2. The molecule has 0 saturated heterocycles. The average Bonchev–Trinajstić information content (AvgIpc) is 3.56. The van der Waals surface area contributed by atoms with Crippen LogP contribution in [-0.4, -0.2) is 45.6 Å². The molecule has 1 fully saturated rings. The van der Waals surface area contributed by atoms with E-state index in [0.29, 0.717) is 45.2 Å². The predicted molar refractivity (Wildman–Crippen MR) is 130 cm³/mol. The molecule has 0 bridgehead atoms. The molecule has 1 aliphatic carbocycles. The molecule has 0 unspecified atom stereocenters. The second-order valence-electron chi connectivity index (χ2n) is 8.38. The first-order chi connectivity index (χ1) is 17.0. The number of rotatable bonds is 7. The number of aliphatic hydroxyl groups is 1. The number of nitrogens with one attached hydrogen (secondary N) is 1. The highest BCUT2D eigenvalue weighted by molar-refractivity contribution is 6.36. The molecular formula is C23H21ClN8O3. The Kier molecular flexibility index (Phi) is 5.15.